The molecule has 0 heterocycles. The Bertz CT molecular complexity index is 417. The van der Waals surface area contributed by atoms with Crippen LogP contribution < -0.4 is 0 Å². The average Bonchev–Trinajstić information content (AvgIpc) is 2.57. The van der Waals surface area contributed by atoms with Gasteiger partial charge in [-0.2, -0.15) is 0 Å². The number of unbranched alkanes of at least 4 members (excludes halogenated alkanes) is 8. The van der Waals surface area contributed by atoms with E-state index in [1.807, 2.05) is 21.1 Å². The Labute approximate surface area is 173 Å². The summed E-state index contributed by atoms with van der Waals surface area (Å²) in [6.45, 7) is 4.91. The van der Waals surface area contributed by atoms with Gasteiger partial charge in [-0.3, -0.25) is 9.59 Å². The molecular weight excluding hydrogens is 354 g/mol. The Hall–Kier alpha value is -1.10. The van der Waals surface area contributed by atoms with E-state index in [1.165, 1.54) is 38.5 Å². The highest BCUT2D eigenvalue weighted by atomic mass is 16.5. The van der Waals surface area contributed by atoms with Gasteiger partial charge in [0.05, 0.1) is 33.5 Å². The first-order valence-corrected chi connectivity index (χ1v) is 11.4. The van der Waals surface area contributed by atoms with Gasteiger partial charge in [0.15, 0.2) is 6.10 Å². The van der Waals surface area contributed by atoms with Gasteiger partial charge in [-0.05, 0) is 12.8 Å². The van der Waals surface area contributed by atoms with E-state index >= 15 is 0 Å². The molecule has 1 N–H and O–H groups in total. The lowest BCUT2D eigenvalue weighted by Crippen LogP contribution is -2.44. The Morgan fingerprint density at radius 3 is 1.75 bits per heavy atom. The standard InChI is InChI=1S/C23H45NO4/c1-6-8-10-12-13-15-17-20(16-14-11-9-7-2)23(27)28-21(18-22(25)26)19-24(3,4)5/h20-21H,6-19H2,1-5H3/p+1/t20?,21-/m0/s1. The molecule has 166 valence electrons. The molecule has 5 heteroatoms. The van der Waals surface area contributed by atoms with Crippen molar-refractivity contribution in [1.82, 2.24) is 0 Å². The first-order chi connectivity index (χ1) is 13.2. The zero-order valence-corrected chi connectivity index (χ0v) is 19.2. The average molecular weight is 401 g/mol. The quantitative estimate of drug-likeness (QED) is 0.190. The maximum absolute atomic E-state index is 12.8. The molecule has 1 unspecified atom stereocenters. The summed E-state index contributed by atoms with van der Waals surface area (Å²) in [4.78, 5) is 24.0. The highest BCUT2D eigenvalue weighted by Gasteiger charge is 2.28. The van der Waals surface area contributed by atoms with Gasteiger partial charge in [0.2, 0.25) is 0 Å². The van der Waals surface area contributed by atoms with Gasteiger partial charge < -0.3 is 14.3 Å². The molecule has 0 aromatic heterocycles. The third-order valence-corrected chi connectivity index (χ3v) is 5.08. The highest BCUT2D eigenvalue weighted by molar-refractivity contribution is 5.73. The van der Waals surface area contributed by atoms with Crippen LogP contribution in [-0.2, 0) is 14.3 Å². The third kappa shape index (κ3) is 15.9. The van der Waals surface area contributed by atoms with Crippen LogP contribution in [0, 0.1) is 5.92 Å². The number of hydrogen-bond acceptors (Lipinski definition) is 3. The van der Waals surface area contributed by atoms with Crippen molar-refractivity contribution in [2.45, 2.75) is 103 Å². The van der Waals surface area contributed by atoms with Crippen molar-refractivity contribution < 1.29 is 23.9 Å². The Kier molecular flexibility index (Phi) is 15.2. The normalized spacial score (nSPS) is 13.9. The summed E-state index contributed by atoms with van der Waals surface area (Å²) in [5.74, 6) is -1.20. The van der Waals surface area contributed by atoms with Gasteiger partial charge in [-0.15, -0.1) is 0 Å². The zero-order chi connectivity index (χ0) is 21.4. The number of hydrogen-bond donors (Lipinski definition) is 1. The first-order valence-electron chi connectivity index (χ1n) is 11.4. The van der Waals surface area contributed by atoms with Crippen molar-refractivity contribution >= 4 is 11.9 Å². The van der Waals surface area contributed by atoms with E-state index in [0.717, 1.165) is 38.5 Å². The van der Waals surface area contributed by atoms with Crippen LogP contribution in [0.4, 0.5) is 0 Å². The van der Waals surface area contributed by atoms with Gasteiger partial charge in [0, 0.05) is 0 Å². The van der Waals surface area contributed by atoms with Crippen LogP contribution >= 0.6 is 0 Å². The van der Waals surface area contributed by atoms with Gasteiger partial charge in [0.1, 0.15) is 6.54 Å². The fraction of sp³-hybridized carbons (Fsp3) is 0.913. The number of likely N-dealkylation sites (N-methyl/N-ethyl adjacent to an activating group) is 1. The zero-order valence-electron chi connectivity index (χ0n) is 19.2. The molecule has 0 aromatic rings. The van der Waals surface area contributed by atoms with E-state index in [-0.39, 0.29) is 18.3 Å². The summed E-state index contributed by atoms with van der Waals surface area (Å²) < 4.78 is 6.29. The van der Waals surface area contributed by atoms with Gasteiger partial charge in [0.25, 0.3) is 0 Å². The number of carboxylic acid groups (broad SMARTS) is 1. The van der Waals surface area contributed by atoms with Crippen LogP contribution in [0.1, 0.15) is 97.3 Å². The maximum Gasteiger partial charge on any atom is 0.309 e. The van der Waals surface area contributed by atoms with E-state index in [4.69, 9.17) is 4.74 Å². The van der Waals surface area contributed by atoms with Gasteiger partial charge >= 0.3 is 11.9 Å². The molecule has 0 amide bonds. The Morgan fingerprint density at radius 2 is 1.29 bits per heavy atom. The van der Waals surface area contributed by atoms with Crippen LogP contribution in [0.3, 0.4) is 0 Å². The molecule has 0 aliphatic heterocycles. The van der Waals surface area contributed by atoms with E-state index < -0.39 is 12.1 Å². The maximum atomic E-state index is 12.8. The second-order valence-electron chi connectivity index (χ2n) is 9.23. The fourth-order valence-electron chi connectivity index (χ4n) is 3.58. The molecule has 0 aromatic carbocycles. The van der Waals surface area contributed by atoms with Crippen molar-refractivity contribution in [3.63, 3.8) is 0 Å². The molecule has 0 saturated heterocycles. The molecule has 0 rings (SSSR count). The second-order valence-corrected chi connectivity index (χ2v) is 9.23. The number of carbonyl (C=O) groups excluding carboxylic acids is 1. The number of aliphatic carboxylic acids is 1. The predicted octanol–water partition coefficient (Wildman–Crippen LogP) is 5.42. The lowest BCUT2D eigenvalue weighted by atomic mass is 9.94. The van der Waals surface area contributed by atoms with Gasteiger partial charge in [-0.25, -0.2) is 0 Å². The molecule has 28 heavy (non-hydrogen) atoms. The van der Waals surface area contributed by atoms with E-state index in [1.54, 1.807) is 0 Å². The topological polar surface area (TPSA) is 63.6 Å². The minimum absolute atomic E-state index is 0.0909. The van der Waals surface area contributed by atoms with Crippen LogP contribution in [0.15, 0.2) is 0 Å². The molecule has 0 radical (unpaired) electrons. The molecule has 0 aliphatic rings. The molecule has 0 spiro atoms. The summed E-state index contributed by atoms with van der Waals surface area (Å²) in [7, 11) is 5.96. The summed E-state index contributed by atoms with van der Waals surface area (Å²) in [5.41, 5.74) is 0. The number of ether oxygens (including phenoxy) is 1. The summed E-state index contributed by atoms with van der Waals surface area (Å²) in [6.07, 6.45) is 12.8. The number of rotatable bonds is 18. The minimum Gasteiger partial charge on any atom is -0.481 e. The smallest absolute Gasteiger partial charge is 0.309 e. The van der Waals surface area contributed by atoms with Crippen molar-refractivity contribution in [3.8, 4) is 0 Å². The van der Waals surface area contributed by atoms with Crippen molar-refractivity contribution in [1.29, 1.82) is 0 Å². The monoisotopic (exact) mass is 400 g/mol. The van der Waals surface area contributed by atoms with E-state index in [9.17, 15) is 14.7 Å². The van der Waals surface area contributed by atoms with Crippen molar-refractivity contribution in [3.05, 3.63) is 0 Å². The number of nitrogens with zero attached hydrogens (tertiary/aromatic N) is 1. The fourth-order valence-corrected chi connectivity index (χ4v) is 3.58. The molecule has 0 aliphatic carbocycles. The predicted molar refractivity (Wildman–Crippen MR) is 115 cm³/mol. The van der Waals surface area contributed by atoms with Crippen LogP contribution in [0.2, 0.25) is 0 Å². The summed E-state index contributed by atoms with van der Waals surface area (Å²) in [5, 5.41) is 9.18. The summed E-state index contributed by atoms with van der Waals surface area (Å²) in [6, 6.07) is 0. The molecule has 0 bridgehead atoms. The van der Waals surface area contributed by atoms with Crippen LogP contribution in [0.5, 0.6) is 0 Å². The first kappa shape index (κ1) is 26.9. The Morgan fingerprint density at radius 1 is 0.821 bits per heavy atom. The minimum atomic E-state index is -0.915. The molecule has 0 saturated carbocycles. The number of carboxylic acids is 1. The number of carbonyl (C=O) groups is 2. The molecule has 5 nitrogen and oxygen atoms in total. The van der Waals surface area contributed by atoms with Crippen molar-refractivity contribution in [2.75, 3.05) is 27.7 Å². The molecular formula is C23H46NO4+. The summed E-state index contributed by atoms with van der Waals surface area (Å²) >= 11 is 0. The van der Waals surface area contributed by atoms with Gasteiger partial charge in [-0.1, -0.05) is 78.1 Å². The van der Waals surface area contributed by atoms with E-state index in [0.29, 0.717) is 11.0 Å². The van der Waals surface area contributed by atoms with Crippen LogP contribution in [-0.4, -0.2) is 55.3 Å². The van der Waals surface area contributed by atoms with E-state index in [2.05, 4.69) is 13.8 Å². The lowest BCUT2D eigenvalue weighted by molar-refractivity contribution is -0.873. The third-order valence-electron chi connectivity index (χ3n) is 5.08. The lowest BCUT2D eigenvalue weighted by Gasteiger charge is -2.29. The molecule has 0 fully saturated rings. The highest BCUT2D eigenvalue weighted by Crippen LogP contribution is 2.22. The van der Waals surface area contributed by atoms with Crippen LogP contribution in [0.25, 0.3) is 0 Å². The van der Waals surface area contributed by atoms with Crippen molar-refractivity contribution in [2.24, 2.45) is 5.92 Å². The number of quaternary nitrogens is 1. The Balaban J connectivity index is 4.70. The molecule has 2 atom stereocenters. The second kappa shape index (κ2) is 15.8. The number of esters is 1. The SMILES string of the molecule is CCCCCCCCC(CCCCCC)C(=O)O[C@@H](CC(=O)O)C[N+](C)(C)C. The largest absolute Gasteiger partial charge is 0.481 e.